The number of carbonyl (C=O) groups is 1. The van der Waals surface area contributed by atoms with Gasteiger partial charge in [0.05, 0.1) is 6.61 Å². The normalized spacial score (nSPS) is 26.1. The zero-order chi connectivity index (χ0) is 14.6. The summed E-state index contributed by atoms with van der Waals surface area (Å²) in [5, 5.41) is 3.48. The molecule has 1 aliphatic carbocycles. The van der Waals surface area contributed by atoms with E-state index in [0.29, 0.717) is 12.5 Å². The summed E-state index contributed by atoms with van der Waals surface area (Å²) in [5.74, 6) is 0.443. The Balaban J connectivity index is 2.24. The first-order valence-electron chi connectivity index (χ1n) is 7.58. The molecule has 3 nitrogen and oxygen atoms in total. The molecule has 1 aliphatic rings. The molecule has 0 amide bonds. The maximum atomic E-state index is 12.5. The fourth-order valence-corrected chi connectivity index (χ4v) is 3.17. The van der Waals surface area contributed by atoms with E-state index in [1.165, 1.54) is 12.0 Å². The highest BCUT2D eigenvalue weighted by molar-refractivity contribution is 5.84. The number of hydrogen-bond donors (Lipinski definition) is 1. The summed E-state index contributed by atoms with van der Waals surface area (Å²) in [6.45, 7) is 6.58. The highest BCUT2D eigenvalue weighted by Crippen LogP contribution is 2.36. The highest BCUT2D eigenvalue weighted by atomic mass is 16.5. The second kappa shape index (κ2) is 6.29. The predicted octanol–water partition coefficient (Wildman–Crippen LogP) is 3.92. The van der Waals surface area contributed by atoms with Gasteiger partial charge in [-0.1, -0.05) is 31.9 Å². The van der Waals surface area contributed by atoms with Crippen LogP contribution in [0.25, 0.3) is 0 Å². The second-order valence-corrected chi connectivity index (χ2v) is 6.00. The van der Waals surface area contributed by atoms with Crippen LogP contribution in [0.2, 0.25) is 0 Å². The highest BCUT2D eigenvalue weighted by Gasteiger charge is 2.43. The van der Waals surface area contributed by atoms with Gasteiger partial charge in [-0.2, -0.15) is 0 Å². The van der Waals surface area contributed by atoms with Crippen LogP contribution in [0.5, 0.6) is 0 Å². The Labute approximate surface area is 121 Å². The minimum absolute atomic E-state index is 0.104. The molecule has 0 aliphatic heterocycles. The zero-order valence-corrected chi connectivity index (χ0v) is 12.7. The monoisotopic (exact) mass is 275 g/mol. The van der Waals surface area contributed by atoms with Crippen molar-refractivity contribution in [1.82, 2.24) is 0 Å². The number of nitrogens with one attached hydrogen (secondary N) is 1. The molecule has 0 spiro atoms. The molecule has 20 heavy (non-hydrogen) atoms. The molecule has 1 aromatic rings. The molecule has 1 N–H and O–H groups in total. The summed E-state index contributed by atoms with van der Waals surface area (Å²) in [5.41, 5.74) is 1.64. The number of aryl methyl sites for hydroxylation is 1. The van der Waals surface area contributed by atoms with Gasteiger partial charge in [-0.05, 0) is 50.3 Å². The van der Waals surface area contributed by atoms with Crippen molar-refractivity contribution in [3.63, 3.8) is 0 Å². The van der Waals surface area contributed by atoms with E-state index < -0.39 is 5.54 Å². The van der Waals surface area contributed by atoms with E-state index in [-0.39, 0.29) is 5.97 Å². The molecule has 2 rings (SSSR count). The average Bonchev–Trinajstić information content (AvgIpc) is 2.39. The van der Waals surface area contributed by atoms with Crippen LogP contribution in [0.1, 0.15) is 45.1 Å². The van der Waals surface area contributed by atoms with Crippen molar-refractivity contribution in [1.29, 1.82) is 0 Å². The topological polar surface area (TPSA) is 38.3 Å². The minimum atomic E-state index is -0.554. The van der Waals surface area contributed by atoms with Crippen molar-refractivity contribution in [2.75, 3.05) is 11.9 Å². The SMILES string of the molecule is CCOC(=O)C1(Nc2cccc(C)c2)CCCC(C)C1. The Bertz CT molecular complexity index is 472. The van der Waals surface area contributed by atoms with Crippen molar-refractivity contribution in [2.24, 2.45) is 5.92 Å². The molecule has 1 saturated carbocycles. The number of ether oxygens (including phenoxy) is 1. The van der Waals surface area contributed by atoms with Crippen LogP contribution in [0.15, 0.2) is 24.3 Å². The maximum absolute atomic E-state index is 12.5. The second-order valence-electron chi connectivity index (χ2n) is 6.00. The van der Waals surface area contributed by atoms with Gasteiger partial charge in [0, 0.05) is 5.69 Å². The van der Waals surface area contributed by atoms with E-state index >= 15 is 0 Å². The van der Waals surface area contributed by atoms with Gasteiger partial charge in [-0.25, -0.2) is 4.79 Å². The van der Waals surface area contributed by atoms with Crippen LogP contribution in [0, 0.1) is 12.8 Å². The fourth-order valence-electron chi connectivity index (χ4n) is 3.17. The molecular weight excluding hydrogens is 250 g/mol. The van der Waals surface area contributed by atoms with Crippen LogP contribution in [0.4, 0.5) is 5.69 Å². The van der Waals surface area contributed by atoms with Crippen molar-refractivity contribution >= 4 is 11.7 Å². The summed E-state index contributed by atoms with van der Waals surface area (Å²) in [6.07, 6.45) is 3.96. The number of anilines is 1. The lowest BCUT2D eigenvalue weighted by Gasteiger charge is -2.39. The van der Waals surface area contributed by atoms with Crippen LogP contribution in [0.3, 0.4) is 0 Å². The minimum Gasteiger partial charge on any atom is -0.464 e. The third-order valence-electron chi connectivity index (χ3n) is 4.07. The number of hydrogen-bond acceptors (Lipinski definition) is 3. The quantitative estimate of drug-likeness (QED) is 0.846. The van der Waals surface area contributed by atoms with E-state index in [4.69, 9.17) is 4.74 Å². The van der Waals surface area contributed by atoms with E-state index in [1.54, 1.807) is 0 Å². The van der Waals surface area contributed by atoms with Crippen molar-refractivity contribution < 1.29 is 9.53 Å². The van der Waals surface area contributed by atoms with E-state index in [9.17, 15) is 4.79 Å². The lowest BCUT2D eigenvalue weighted by atomic mass is 9.76. The van der Waals surface area contributed by atoms with Crippen LogP contribution < -0.4 is 5.32 Å². The fraction of sp³-hybridized carbons (Fsp3) is 0.588. The Morgan fingerprint density at radius 2 is 2.30 bits per heavy atom. The van der Waals surface area contributed by atoms with Crippen LogP contribution >= 0.6 is 0 Å². The summed E-state index contributed by atoms with van der Waals surface area (Å²) >= 11 is 0. The largest absolute Gasteiger partial charge is 0.464 e. The Hall–Kier alpha value is -1.51. The average molecular weight is 275 g/mol. The maximum Gasteiger partial charge on any atom is 0.331 e. The molecule has 110 valence electrons. The molecular formula is C17H25NO2. The molecule has 1 aromatic carbocycles. The van der Waals surface area contributed by atoms with Gasteiger partial charge in [0.25, 0.3) is 0 Å². The molecule has 0 aromatic heterocycles. The first-order valence-corrected chi connectivity index (χ1v) is 7.58. The lowest BCUT2D eigenvalue weighted by molar-refractivity contribution is -0.150. The third kappa shape index (κ3) is 3.33. The van der Waals surface area contributed by atoms with Gasteiger partial charge in [0.15, 0.2) is 0 Å². The summed E-state index contributed by atoms with van der Waals surface area (Å²) in [4.78, 5) is 12.5. The van der Waals surface area contributed by atoms with E-state index in [2.05, 4.69) is 31.3 Å². The van der Waals surface area contributed by atoms with Crippen molar-refractivity contribution in [3.05, 3.63) is 29.8 Å². The number of rotatable bonds is 4. The zero-order valence-electron chi connectivity index (χ0n) is 12.7. The van der Waals surface area contributed by atoms with Gasteiger partial charge >= 0.3 is 5.97 Å². The van der Waals surface area contributed by atoms with Gasteiger partial charge in [0.1, 0.15) is 5.54 Å². The van der Waals surface area contributed by atoms with Gasteiger partial charge < -0.3 is 10.1 Å². The Kier molecular flexibility index (Phi) is 4.69. The van der Waals surface area contributed by atoms with Crippen molar-refractivity contribution in [2.45, 2.75) is 52.0 Å². The summed E-state index contributed by atoms with van der Waals surface area (Å²) < 4.78 is 5.33. The summed E-state index contributed by atoms with van der Waals surface area (Å²) in [6, 6.07) is 8.18. The number of esters is 1. The molecule has 2 atom stereocenters. The Morgan fingerprint density at radius 3 is 2.95 bits per heavy atom. The first-order chi connectivity index (χ1) is 9.55. The first kappa shape index (κ1) is 14.9. The standard InChI is InChI=1S/C17H25NO2/c1-4-20-16(19)17(10-6-8-14(3)12-17)18-15-9-5-7-13(2)11-15/h5,7,9,11,14,18H,4,6,8,10,12H2,1-3H3. The molecule has 1 fully saturated rings. The molecule has 3 heteroatoms. The Morgan fingerprint density at radius 1 is 1.50 bits per heavy atom. The van der Waals surface area contributed by atoms with Crippen LogP contribution in [-0.4, -0.2) is 18.1 Å². The van der Waals surface area contributed by atoms with Gasteiger partial charge in [-0.3, -0.25) is 0 Å². The lowest BCUT2D eigenvalue weighted by Crippen LogP contribution is -2.50. The smallest absolute Gasteiger partial charge is 0.331 e. The molecule has 0 radical (unpaired) electrons. The number of benzene rings is 1. The molecule has 0 heterocycles. The van der Waals surface area contributed by atoms with E-state index in [0.717, 1.165) is 24.9 Å². The van der Waals surface area contributed by atoms with Crippen molar-refractivity contribution in [3.8, 4) is 0 Å². The molecule has 2 unspecified atom stereocenters. The van der Waals surface area contributed by atoms with Crippen LogP contribution in [-0.2, 0) is 9.53 Å². The summed E-state index contributed by atoms with van der Waals surface area (Å²) in [7, 11) is 0. The third-order valence-corrected chi connectivity index (χ3v) is 4.07. The van der Waals surface area contributed by atoms with Gasteiger partial charge in [0.2, 0.25) is 0 Å². The predicted molar refractivity (Wildman–Crippen MR) is 81.8 cm³/mol. The molecule has 0 saturated heterocycles. The number of carbonyl (C=O) groups excluding carboxylic acids is 1. The van der Waals surface area contributed by atoms with E-state index in [1.807, 2.05) is 19.1 Å². The molecule has 0 bridgehead atoms. The van der Waals surface area contributed by atoms with Gasteiger partial charge in [-0.15, -0.1) is 0 Å².